The molecule has 2 aliphatic rings. The molecule has 0 spiro atoms. The van der Waals surface area contributed by atoms with Crippen LogP contribution in [-0.2, 0) is 14.8 Å². The second-order valence-electron chi connectivity index (χ2n) is 10.1. The van der Waals surface area contributed by atoms with Gasteiger partial charge in [0.05, 0.1) is 10.6 Å². The number of benzene rings is 3. The summed E-state index contributed by atoms with van der Waals surface area (Å²) < 4.78 is 34.2. The topological polar surface area (TPSA) is 99.3 Å². The van der Waals surface area contributed by atoms with Gasteiger partial charge in [-0.1, -0.05) is 47.3 Å². The van der Waals surface area contributed by atoms with Gasteiger partial charge in [-0.05, 0) is 68.3 Å². The standard InChI is InChI=1S/C29H30Cl2N4O5S/c1-20-5-7-23(8-6-20)35-14-13-33(19-28(35)36)29(37)32-26-18-25(41(38,39)34-11-3-2-4-12-34)9-10-27(26)40-24-16-21(30)15-22(31)17-24/h5-10,15-18H,2-4,11-14,19H2,1H3,(H,32,37). The first-order valence-corrected chi connectivity index (χ1v) is 15.5. The summed E-state index contributed by atoms with van der Waals surface area (Å²) in [4.78, 5) is 29.4. The number of piperidine rings is 1. The zero-order valence-electron chi connectivity index (χ0n) is 22.5. The summed E-state index contributed by atoms with van der Waals surface area (Å²) in [5.74, 6) is 0.284. The van der Waals surface area contributed by atoms with Gasteiger partial charge in [0.1, 0.15) is 12.3 Å². The average Bonchev–Trinajstić information content (AvgIpc) is 2.94. The molecule has 2 aliphatic heterocycles. The van der Waals surface area contributed by atoms with Crippen LogP contribution in [0.2, 0.25) is 10.0 Å². The Morgan fingerprint density at radius 3 is 2.22 bits per heavy atom. The number of sulfonamides is 1. The summed E-state index contributed by atoms with van der Waals surface area (Å²) >= 11 is 12.3. The van der Waals surface area contributed by atoms with Crippen molar-refractivity contribution in [2.45, 2.75) is 31.1 Å². The highest BCUT2D eigenvalue weighted by atomic mass is 35.5. The van der Waals surface area contributed by atoms with E-state index in [4.69, 9.17) is 27.9 Å². The van der Waals surface area contributed by atoms with Crippen LogP contribution in [0, 0.1) is 6.92 Å². The van der Waals surface area contributed by atoms with Crippen LogP contribution >= 0.6 is 23.2 Å². The fourth-order valence-electron chi connectivity index (χ4n) is 4.86. The van der Waals surface area contributed by atoms with E-state index in [1.807, 2.05) is 31.2 Å². The Hall–Kier alpha value is -3.31. The number of nitrogens with zero attached hydrogens (tertiary/aromatic N) is 3. The molecule has 2 saturated heterocycles. The van der Waals surface area contributed by atoms with E-state index in [1.165, 1.54) is 27.4 Å². The van der Waals surface area contributed by atoms with Crippen LogP contribution in [0.1, 0.15) is 24.8 Å². The predicted molar refractivity (Wildman–Crippen MR) is 160 cm³/mol. The van der Waals surface area contributed by atoms with Gasteiger partial charge in [0.2, 0.25) is 15.9 Å². The maximum absolute atomic E-state index is 13.4. The summed E-state index contributed by atoms with van der Waals surface area (Å²) in [6.45, 7) is 3.33. The van der Waals surface area contributed by atoms with Gasteiger partial charge in [0, 0.05) is 41.9 Å². The Morgan fingerprint density at radius 2 is 1.56 bits per heavy atom. The van der Waals surface area contributed by atoms with Crippen molar-refractivity contribution in [3.05, 3.63) is 76.3 Å². The molecule has 0 atom stereocenters. The average molecular weight is 618 g/mol. The van der Waals surface area contributed by atoms with Crippen LogP contribution in [0.4, 0.5) is 16.2 Å². The van der Waals surface area contributed by atoms with E-state index in [-0.39, 0.29) is 35.3 Å². The molecule has 5 rings (SSSR count). The van der Waals surface area contributed by atoms with Crippen molar-refractivity contribution < 1.29 is 22.7 Å². The van der Waals surface area contributed by atoms with Crippen LogP contribution in [0.5, 0.6) is 11.5 Å². The maximum atomic E-state index is 13.4. The Labute approximate surface area is 249 Å². The van der Waals surface area contributed by atoms with Crippen molar-refractivity contribution >= 4 is 56.5 Å². The van der Waals surface area contributed by atoms with Gasteiger partial charge < -0.3 is 19.9 Å². The number of carbonyl (C=O) groups is 2. The number of aryl methyl sites for hydroxylation is 1. The van der Waals surface area contributed by atoms with Crippen molar-refractivity contribution in [1.29, 1.82) is 0 Å². The maximum Gasteiger partial charge on any atom is 0.322 e. The SMILES string of the molecule is Cc1ccc(N2CCN(C(=O)Nc3cc(S(=O)(=O)N4CCCCC4)ccc3Oc3cc(Cl)cc(Cl)c3)CC2=O)cc1. The number of hydrogen-bond donors (Lipinski definition) is 1. The highest BCUT2D eigenvalue weighted by molar-refractivity contribution is 7.89. The third-order valence-corrected chi connectivity index (χ3v) is 9.39. The molecule has 0 saturated carbocycles. The molecule has 1 N–H and O–H groups in total. The molecule has 3 amide bonds. The first kappa shape index (κ1) is 29.2. The lowest BCUT2D eigenvalue weighted by Crippen LogP contribution is -2.53. The van der Waals surface area contributed by atoms with Crippen molar-refractivity contribution in [1.82, 2.24) is 9.21 Å². The van der Waals surface area contributed by atoms with E-state index in [0.29, 0.717) is 35.4 Å². The van der Waals surface area contributed by atoms with Gasteiger partial charge in [-0.15, -0.1) is 0 Å². The van der Waals surface area contributed by atoms with Crippen molar-refractivity contribution in [2.75, 3.05) is 42.9 Å². The van der Waals surface area contributed by atoms with E-state index in [1.54, 1.807) is 23.1 Å². The summed E-state index contributed by atoms with van der Waals surface area (Å²) in [7, 11) is -3.79. The number of carbonyl (C=O) groups excluding carboxylic acids is 2. The number of anilines is 2. The third kappa shape index (κ3) is 6.78. The van der Waals surface area contributed by atoms with Gasteiger partial charge in [-0.3, -0.25) is 4.79 Å². The number of rotatable bonds is 6. The molecule has 0 radical (unpaired) electrons. The number of hydrogen-bond acceptors (Lipinski definition) is 5. The van der Waals surface area contributed by atoms with Gasteiger partial charge >= 0.3 is 6.03 Å². The summed E-state index contributed by atoms with van der Waals surface area (Å²) in [5.41, 5.74) is 1.99. The molecule has 0 bridgehead atoms. The van der Waals surface area contributed by atoms with E-state index in [2.05, 4.69) is 5.32 Å². The molecule has 0 aliphatic carbocycles. The molecular formula is C29H30Cl2N4O5S. The summed E-state index contributed by atoms with van der Waals surface area (Å²) in [6.07, 6.45) is 2.57. The molecule has 41 heavy (non-hydrogen) atoms. The van der Waals surface area contributed by atoms with Crippen molar-refractivity contribution in [3.63, 3.8) is 0 Å². The first-order valence-electron chi connectivity index (χ1n) is 13.3. The molecule has 0 unspecified atom stereocenters. The summed E-state index contributed by atoms with van der Waals surface area (Å²) in [5, 5.41) is 3.48. The minimum atomic E-state index is -3.79. The molecule has 216 valence electrons. The van der Waals surface area contributed by atoms with Gasteiger partial charge in [0.15, 0.2) is 5.75 Å². The molecule has 3 aromatic carbocycles. The number of halogens is 2. The number of amides is 3. The minimum absolute atomic E-state index is 0.0337. The lowest BCUT2D eigenvalue weighted by atomic mass is 10.2. The van der Waals surface area contributed by atoms with Crippen LogP contribution in [0.3, 0.4) is 0 Å². The largest absolute Gasteiger partial charge is 0.455 e. The Bertz CT molecular complexity index is 1540. The van der Waals surface area contributed by atoms with Gasteiger partial charge in [-0.25, -0.2) is 13.2 Å². The predicted octanol–water partition coefficient (Wildman–Crippen LogP) is 6.15. The highest BCUT2D eigenvalue weighted by Gasteiger charge is 2.30. The number of ether oxygens (including phenoxy) is 1. The zero-order valence-corrected chi connectivity index (χ0v) is 24.8. The number of urea groups is 1. The van der Waals surface area contributed by atoms with E-state index >= 15 is 0 Å². The summed E-state index contributed by atoms with van der Waals surface area (Å²) in [6, 6.07) is 16.1. The second kappa shape index (κ2) is 12.3. The zero-order chi connectivity index (χ0) is 29.1. The molecule has 12 heteroatoms. The molecule has 2 heterocycles. The Kier molecular flexibility index (Phi) is 8.74. The first-order chi connectivity index (χ1) is 19.6. The van der Waals surface area contributed by atoms with Crippen molar-refractivity contribution in [3.8, 4) is 11.5 Å². The smallest absolute Gasteiger partial charge is 0.322 e. The molecule has 2 fully saturated rings. The fourth-order valence-corrected chi connectivity index (χ4v) is 6.91. The molecule has 9 nitrogen and oxygen atoms in total. The lowest BCUT2D eigenvalue weighted by molar-refractivity contribution is -0.120. The second-order valence-corrected chi connectivity index (χ2v) is 12.9. The van der Waals surface area contributed by atoms with Crippen LogP contribution < -0.4 is 15.0 Å². The highest BCUT2D eigenvalue weighted by Crippen LogP contribution is 2.35. The third-order valence-electron chi connectivity index (χ3n) is 7.06. The molecular weight excluding hydrogens is 587 g/mol. The van der Waals surface area contributed by atoms with Crippen LogP contribution in [0.15, 0.2) is 65.6 Å². The Balaban J connectivity index is 1.39. The number of piperazine rings is 1. The normalized spacial score (nSPS) is 16.5. The van der Waals surface area contributed by atoms with Crippen LogP contribution in [0.25, 0.3) is 0 Å². The number of nitrogens with one attached hydrogen (secondary N) is 1. The monoisotopic (exact) mass is 616 g/mol. The van der Waals surface area contributed by atoms with E-state index in [9.17, 15) is 18.0 Å². The quantitative estimate of drug-likeness (QED) is 0.358. The van der Waals surface area contributed by atoms with Gasteiger partial charge in [-0.2, -0.15) is 4.31 Å². The lowest BCUT2D eigenvalue weighted by Gasteiger charge is -2.34. The van der Waals surface area contributed by atoms with Crippen LogP contribution in [-0.4, -0.2) is 62.3 Å². The fraction of sp³-hybridized carbons (Fsp3) is 0.310. The van der Waals surface area contributed by atoms with E-state index in [0.717, 1.165) is 30.5 Å². The molecule has 3 aromatic rings. The molecule has 0 aromatic heterocycles. The van der Waals surface area contributed by atoms with Gasteiger partial charge in [0.25, 0.3) is 0 Å². The van der Waals surface area contributed by atoms with E-state index < -0.39 is 16.1 Å². The Morgan fingerprint density at radius 1 is 0.878 bits per heavy atom. The minimum Gasteiger partial charge on any atom is -0.455 e. The van der Waals surface area contributed by atoms with Crippen molar-refractivity contribution in [2.24, 2.45) is 0 Å².